The van der Waals surface area contributed by atoms with E-state index >= 15 is 0 Å². The largest absolute Gasteiger partial charge is 0.352 e. The molecule has 28 heavy (non-hydrogen) atoms. The molecular weight excluding hydrogens is 348 g/mol. The Balaban J connectivity index is 1.49. The number of carbonyl (C=O) groups excluding carboxylic acids is 1. The Bertz CT molecular complexity index is 936. The van der Waals surface area contributed by atoms with Gasteiger partial charge in [-0.05, 0) is 63.2 Å². The number of rotatable bonds is 6. The van der Waals surface area contributed by atoms with Crippen molar-refractivity contribution in [2.24, 2.45) is 0 Å². The van der Waals surface area contributed by atoms with E-state index in [4.69, 9.17) is 4.98 Å². The minimum atomic E-state index is -0.0395. The number of para-hydroxylation sites is 1. The molecule has 1 N–H and O–H groups in total. The number of fused-ring (bicyclic) bond motifs is 1. The number of piperidine rings is 1. The molecule has 0 unspecified atom stereocenters. The molecule has 1 fully saturated rings. The van der Waals surface area contributed by atoms with Gasteiger partial charge < -0.3 is 10.2 Å². The zero-order valence-electron chi connectivity index (χ0n) is 16.1. The van der Waals surface area contributed by atoms with Crippen molar-refractivity contribution in [2.75, 3.05) is 26.2 Å². The van der Waals surface area contributed by atoms with Gasteiger partial charge >= 0.3 is 0 Å². The quantitative estimate of drug-likeness (QED) is 0.665. The first kappa shape index (κ1) is 18.6. The first-order valence-electron chi connectivity index (χ1n) is 10.1. The van der Waals surface area contributed by atoms with Gasteiger partial charge in [-0.25, -0.2) is 4.98 Å². The molecule has 3 heterocycles. The maximum Gasteiger partial charge on any atom is 0.252 e. The maximum absolute atomic E-state index is 12.9. The van der Waals surface area contributed by atoms with Crippen LogP contribution >= 0.6 is 0 Å². The molecule has 1 amide bonds. The third-order valence-electron chi connectivity index (χ3n) is 5.30. The predicted octanol–water partition coefficient (Wildman–Crippen LogP) is 3.90. The molecule has 0 bridgehead atoms. The third kappa shape index (κ3) is 4.37. The number of nitrogens with zero attached hydrogens (tertiary/aromatic N) is 3. The fraction of sp³-hybridized carbons (Fsp3) is 0.348. The van der Waals surface area contributed by atoms with Gasteiger partial charge in [0.1, 0.15) is 0 Å². The molecule has 0 atom stereocenters. The molecule has 0 spiro atoms. The van der Waals surface area contributed by atoms with Crippen LogP contribution in [0.4, 0.5) is 0 Å². The molecule has 1 aliphatic heterocycles. The summed E-state index contributed by atoms with van der Waals surface area (Å²) in [6, 6.07) is 13.5. The molecule has 1 aliphatic rings. The van der Waals surface area contributed by atoms with E-state index in [0.717, 1.165) is 35.1 Å². The summed E-state index contributed by atoms with van der Waals surface area (Å²) in [7, 11) is 0. The zero-order valence-corrected chi connectivity index (χ0v) is 16.1. The van der Waals surface area contributed by atoms with Gasteiger partial charge in [0.05, 0.1) is 16.8 Å². The van der Waals surface area contributed by atoms with Crippen LogP contribution in [-0.4, -0.2) is 47.0 Å². The molecule has 4 rings (SSSR count). The fourth-order valence-electron chi connectivity index (χ4n) is 3.81. The molecule has 5 nitrogen and oxygen atoms in total. The number of hydrogen-bond acceptors (Lipinski definition) is 4. The molecule has 0 aliphatic carbocycles. The topological polar surface area (TPSA) is 58.1 Å². The number of hydrogen-bond donors (Lipinski definition) is 1. The van der Waals surface area contributed by atoms with Crippen LogP contribution in [0.5, 0.6) is 0 Å². The van der Waals surface area contributed by atoms with Crippen LogP contribution in [0, 0.1) is 0 Å². The number of likely N-dealkylation sites (tertiary alicyclic amines) is 1. The lowest BCUT2D eigenvalue weighted by molar-refractivity contribution is 0.0952. The van der Waals surface area contributed by atoms with Gasteiger partial charge in [-0.15, -0.1) is 0 Å². The molecule has 5 heteroatoms. The number of amides is 1. The van der Waals surface area contributed by atoms with Crippen LogP contribution in [-0.2, 0) is 0 Å². The smallest absolute Gasteiger partial charge is 0.252 e. The van der Waals surface area contributed by atoms with Crippen molar-refractivity contribution in [1.82, 2.24) is 20.2 Å². The van der Waals surface area contributed by atoms with Crippen LogP contribution in [0.25, 0.3) is 22.2 Å². The second kappa shape index (κ2) is 8.93. The van der Waals surface area contributed by atoms with Crippen LogP contribution in [0.2, 0.25) is 0 Å². The van der Waals surface area contributed by atoms with Crippen LogP contribution in [0.15, 0.2) is 54.9 Å². The minimum Gasteiger partial charge on any atom is -0.352 e. The number of pyridine rings is 2. The molecule has 144 valence electrons. The molecule has 0 saturated carbocycles. The first-order chi connectivity index (χ1) is 13.8. The Morgan fingerprint density at radius 1 is 1.07 bits per heavy atom. The van der Waals surface area contributed by atoms with Crippen molar-refractivity contribution in [1.29, 1.82) is 0 Å². The number of carbonyl (C=O) groups is 1. The molecular formula is C23H26N4O. The van der Waals surface area contributed by atoms with Crippen molar-refractivity contribution in [3.63, 3.8) is 0 Å². The van der Waals surface area contributed by atoms with Gasteiger partial charge in [0.2, 0.25) is 0 Å². The van der Waals surface area contributed by atoms with Crippen LogP contribution in [0.1, 0.15) is 36.0 Å². The lowest BCUT2D eigenvalue weighted by Crippen LogP contribution is -2.33. The second-order valence-electron chi connectivity index (χ2n) is 7.33. The third-order valence-corrected chi connectivity index (χ3v) is 5.30. The van der Waals surface area contributed by atoms with E-state index in [2.05, 4.69) is 15.2 Å². The summed E-state index contributed by atoms with van der Waals surface area (Å²) in [5.74, 6) is -0.0395. The molecule has 0 radical (unpaired) electrons. The van der Waals surface area contributed by atoms with Crippen molar-refractivity contribution in [3.8, 4) is 11.3 Å². The summed E-state index contributed by atoms with van der Waals surface area (Å²) in [5.41, 5.74) is 3.17. The summed E-state index contributed by atoms with van der Waals surface area (Å²) >= 11 is 0. The van der Waals surface area contributed by atoms with Crippen molar-refractivity contribution >= 4 is 16.8 Å². The van der Waals surface area contributed by atoms with Gasteiger partial charge in [-0.1, -0.05) is 24.6 Å². The molecule has 2 aromatic heterocycles. The number of benzene rings is 1. The standard InChI is InChI=1S/C23H26N4O/c28-23(25-12-7-15-27-13-4-1-5-14-27)20-16-22(18-8-6-11-24-17-18)26-21-10-3-2-9-19(20)21/h2-3,6,8-11,16-17H,1,4-5,7,12-15H2,(H,25,28). The Morgan fingerprint density at radius 3 is 2.75 bits per heavy atom. The summed E-state index contributed by atoms with van der Waals surface area (Å²) in [6.07, 6.45) is 8.43. The van der Waals surface area contributed by atoms with Gasteiger partial charge in [0.15, 0.2) is 0 Å². The Kier molecular flexibility index (Phi) is 5.92. The minimum absolute atomic E-state index is 0.0395. The van der Waals surface area contributed by atoms with E-state index in [0.29, 0.717) is 12.1 Å². The highest BCUT2D eigenvalue weighted by Gasteiger charge is 2.14. The van der Waals surface area contributed by atoms with E-state index in [1.54, 1.807) is 12.4 Å². The second-order valence-corrected chi connectivity index (χ2v) is 7.33. The van der Waals surface area contributed by atoms with Crippen molar-refractivity contribution in [3.05, 3.63) is 60.4 Å². The highest BCUT2D eigenvalue weighted by Crippen LogP contribution is 2.24. The Morgan fingerprint density at radius 2 is 1.93 bits per heavy atom. The zero-order chi connectivity index (χ0) is 19.2. The SMILES string of the molecule is O=C(NCCCN1CCCCC1)c1cc(-c2cccnc2)nc2ccccc12. The molecule has 1 saturated heterocycles. The Hall–Kier alpha value is -2.79. The van der Waals surface area contributed by atoms with Crippen LogP contribution < -0.4 is 5.32 Å². The molecule has 3 aromatic rings. The van der Waals surface area contributed by atoms with E-state index in [1.165, 1.54) is 32.4 Å². The van der Waals surface area contributed by atoms with E-state index in [1.807, 2.05) is 42.5 Å². The maximum atomic E-state index is 12.9. The monoisotopic (exact) mass is 374 g/mol. The lowest BCUT2D eigenvalue weighted by atomic mass is 10.0. The average molecular weight is 374 g/mol. The highest BCUT2D eigenvalue weighted by molar-refractivity contribution is 6.07. The lowest BCUT2D eigenvalue weighted by Gasteiger charge is -2.26. The van der Waals surface area contributed by atoms with Crippen molar-refractivity contribution < 1.29 is 4.79 Å². The van der Waals surface area contributed by atoms with Gasteiger partial charge in [-0.3, -0.25) is 9.78 Å². The Labute approximate surface area is 165 Å². The number of aromatic nitrogens is 2. The summed E-state index contributed by atoms with van der Waals surface area (Å²) in [5, 5.41) is 3.98. The molecule has 1 aromatic carbocycles. The number of nitrogens with one attached hydrogen (secondary N) is 1. The van der Waals surface area contributed by atoms with Crippen LogP contribution in [0.3, 0.4) is 0 Å². The summed E-state index contributed by atoms with van der Waals surface area (Å²) in [4.78, 5) is 24.3. The average Bonchev–Trinajstić information content (AvgIpc) is 2.77. The van der Waals surface area contributed by atoms with E-state index < -0.39 is 0 Å². The van der Waals surface area contributed by atoms with E-state index in [-0.39, 0.29) is 5.91 Å². The fourth-order valence-corrected chi connectivity index (χ4v) is 3.81. The van der Waals surface area contributed by atoms with Crippen molar-refractivity contribution in [2.45, 2.75) is 25.7 Å². The summed E-state index contributed by atoms with van der Waals surface area (Å²) < 4.78 is 0. The first-order valence-corrected chi connectivity index (χ1v) is 10.1. The summed E-state index contributed by atoms with van der Waals surface area (Å²) in [6.45, 7) is 4.13. The van der Waals surface area contributed by atoms with Gasteiger partial charge in [0.25, 0.3) is 5.91 Å². The van der Waals surface area contributed by atoms with Gasteiger partial charge in [-0.2, -0.15) is 0 Å². The highest BCUT2D eigenvalue weighted by atomic mass is 16.1. The van der Waals surface area contributed by atoms with Gasteiger partial charge in [0, 0.05) is 29.9 Å². The van der Waals surface area contributed by atoms with E-state index in [9.17, 15) is 4.79 Å². The normalized spacial score (nSPS) is 14.9. The predicted molar refractivity (Wildman–Crippen MR) is 112 cm³/mol.